The Morgan fingerprint density at radius 2 is 1.43 bits per heavy atom. The number of phenols is 2. The SMILES string of the molecule is CC1=CCC2C(=O)c3c(O)c4c(c(O)c3C(=O)C2C1)CCCC4. The Hall–Kier alpha value is -2.10. The lowest BCUT2D eigenvalue weighted by atomic mass is 9.66. The van der Waals surface area contributed by atoms with E-state index >= 15 is 0 Å². The van der Waals surface area contributed by atoms with Gasteiger partial charge in [-0.2, -0.15) is 0 Å². The Labute approximate surface area is 134 Å². The van der Waals surface area contributed by atoms with E-state index in [-0.39, 0.29) is 34.2 Å². The lowest BCUT2D eigenvalue weighted by Crippen LogP contribution is -2.38. The summed E-state index contributed by atoms with van der Waals surface area (Å²) >= 11 is 0. The number of phenolic OH excluding ortho intramolecular Hbond substituents is 2. The van der Waals surface area contributed by atoms with Crippen molar-refractivity contribution in [3.63, 3.8) is 0 Å². The first-order valence-corrected chi connectivity index (χ1v) is 8.34. The van der Waals surface area contributed by atoms with Gasteiger partial charge in [-0.15, -0.1) is 0 Å². The van der Waals surface area contributed by atoms with Crippen LogP contribution >= 0.6 is 0 Å². The number of benzene rings is 1. The van der Waals surface area contributed by atoms with E-state index in [1.165, 1.54) is 0 Å². The molecule has 0 heterocycles. The van der Waals surface area contributed by atoms with Crippen molar-refractivity contribution in [2.75, 3.05) is 0 Å². The highest BCUT2D eigenvalue weighted by Crippen LogP contribution is 2.48. The molecule has 1 aromatic rings. The minimum Gasteiger partial charge on any atom is -0.507 e. The molecule has 2 N–H and O–H groups in total. The molecule has 1 aromatic carbocycles. The number of fused-ring (bicyclic) bond motifs is 3. The van der Waals surface area contributed by atoms with Crippen LogP contribution in [0, 0.1) is 11.8 Å². The first-order chi connectivity index (χ1) is 11.0. The summed E-state index contributed by atoms with van der Waals surface area (Å²) < 4.78 is 0. The minimum absolute atomic E-state index is 0.0588. The van der Waals surface area contributed by atoms with Gasteiger partial charge in [0.1, 0.15) is 11.5 Å². The Bertz CT molecular complexity index is 772. The smallest absolute Gasteiger partial charge is 0.171 e. The molecule has 0 saturated heterocycles. The van der Waals surface area contributed by atoms with Gasteiger partial charge in [-0.25, -0.2) is 0 Å². The zero-order chi connectivity index (χ0) is 16.3. The Balaban J connectivity index is 1.96. The summed E-state index contributed by atoms with van der Waals surface area (Å²) in [4.78, 5) is 25.9. The fraction of sp³-hybridized carbons (Fsp3) is 0.474. The number of carbonyl (C=O) groups excluding carboxylic acids is 2. The molecule has 0 aliphatic heterocycles. The lowest BCUT2D eigenvalue weighted by molar-refractivity contribution is 0.0719. The highest BCUT2D eigenvalue weighted by molar-refractivity contribution is 6.19. The monoisotopic (exact) mass is 312 g/mol. The van der Waals surface area contributed by atoms with E-state index in [2.05, 4.69) is 0 Å². The summed E-state index contributed by atoms with van der Waals surface area (Å²) in [5.74, 6) is -1.28. The van der Waals surface area contributed by atoms with Crippen LogP contribution < -0.4 is 0 Å². The maximum Gasteiger partial charge on any atom is 0.171 e. The van der Waals surface area contributed by atoms with Crippen LogP contribution in [-0.2, 0) is 12.8 Å². The Morgan fingerprint density at radius 3 is 2.00 bits per heavy atom. The molecule has 0 bridgehead atoms. The average Bonchev–Trinajstić information content (AvgIpc) is 2.56. The van der Waals surface area contributed by atoms with Crippen molar-refractivity contribution in [1.29, 1.82) is 0 Å². The summed E-state index contributed by atoms with van der Waals surface area (Å²) in [6, 6.07) is 0. The van der Waals surface area contributed by atoms with Crippen LogP contribution in [0.3, 0.4) is 0 Å². The van der Waals surface area contributed by atoms with Crippen molar-refractivity contribution >= 4 is 11.6 Å². The first-order valence-electron chi connectivity index (χ1n) is 8.34. The third kappa shape index (κ3) is 1.90. The molecule has 4 nitrogen and oxygen atoms in total. The van der Waals surface area contributed by atoms with Crippen molar-refractivity contribution in [1.82, 2.24) is 0 Å². The predicted octanol–water partition coefficient (Wildman–Crippen LogP) is 3.33. The molecule has 0 spiro atoms. The van der Waals surface area contributed by atoms with E-state index in [9.17, 15) is 19.8 Å². The van der Waals surface area contributed by atoms with Crippen molar-refractivity contribution in [2.45, 2.75) is 45.4 Å². The number of Topliss-reactive ketones (excluding diaryl/α,β-unsaturated/α-hetero) is 2. The Kier molecular flexibility index (Phi) is 3.12. The molecule has 120 valence electrons. The van der Waals surface area contributed by atoms with E-state index < -0.39 is 11.8 Å². The lowest BCUT2D eigenvalue weighted by Gasteiger charge is -2.35. The summed E-state index contributed by atoms with van der Waals surface area (Å²) in [7, 11) is 0. The molecule has 4 heteroatoms. The molecule has 0 aromatic heterocycles. The highest BCUT2D eigenvalue weighted by atomic mass is 16.3. The second-order valence-corrected chi connectivity index (χ2v) is 7.04. The van der Waals surface area contributed by atoms with Gasteiger partial charge in [0, 0.05) is 23.0 Å². The first kappa shape index (κ1) is 14.5. The second-order valence-electron chi connectivity index (χ2n) is 7.04. The largest absolute Gasteiger partial charge is 0.507 e. The van der Waals surface area contributed by atoms with Crippen LogP contribution in [0.2, 0.25) is 0 Å². The number of carbonyl (C=O) groups is 2. The van der Waals surface area contributed by atoms with Crippen molar-refractivity contribution in [3.8, 4) is 11.5 Å². The number of rotatable bonds is 0. The van der Waals surface area contributed by atoms with Crippen LogP contribution in [-0.4, -0.2) is 21.8 Å². The number of allylic oxidation sites excluding steroid dienone is 2. The molecule has 0 saturated carbocycles. The van der Waals surface area contributed by atoms with Crippen LogP contribution in [0.4, 0.5) is 0 Å². The number of hydrogen-bond donors (Lipinski definition) is 2. The molecule has 0 amide bonds. The Morgan fingerprint density at radius 1 is 0.913 bits per heavy atom. The van der Waals surface area contributed by atoms with Gasteiger partial charge in [0.15, 0.2) is 11.6 Å². The highest BCUT2D eigenvalue weighted by Gasteiger charge is 2.46. The van der Waals surface area contributed by atoms with Gasteiger partial charge in [-0.05, 0) is 45.4 Å². The van der Waals surface area contributed by atoms with Gasteiger partial charge >= 0.3 is 0 Å². The molecule has 2 unspecified atom stereocenters. The predicted molar refractivity (Wildman–Crippen MR) is 85.0 cm³/mol. The fourth-order valence-electron chi connectivity index (χ4n) is 4.45. The van der Waals surface area contributed by atoms with Crippen molar-refractivity contribution < 1.29 is 19.8 Å². The molecule has 23 heavy (non-hydrogen) atoms. The topological polar surface area (TPSA) is 74.6 Å². The zero-order valence-electron chi connectivity index (χ0n) is 13.2. The minimum atomic E-state index is -0.398. The van der Waals surface area contributed by atoms with Gasteiger partial charge in [0.05, 0.1) is 11.1 Å². The molecular formula is C19H20O4. The van der Waals surface area contributed by atoms with Crippen LogP contribution in [0.1, 0.15) is 64.4 Å². The summed E-state index contributed by atoms with van der Waals surface area (Å²) in [6.45, 7) is 1.97. The van der Waals surface area contributed by atoms with E-state index in [0.717, 1.165) is 18.4 Å². The van der Waals surface area contributed by atoms with Gasteiger partial charge in [0.25, 0.3) is 0 Å². The summed E-state index contributed by atoms with van der Waals surface area (Å²) in [5.41, 5.74) is 2.58. The number of ketones is 2. The van der Waals surface area contributed by atoms with E-state index in [1.54, 1.807) is 0 Å². The van der Waals surface area contributed by atoms with Crippen LogP contribution in [0.15, 0.2) is 11.6 Å². The van der Waals surface area contributed by atoms with Crippen molar-refractivity contribution in [2.24, 2.45) is 11.8 Å². The molecular weight excluding hydrogens is 292 g/mol. The van der Waals surface area contributed by atoms with Gasteiger partial charge < -0.3 is 10.2 Å². The maximum absolute atomic E-state index is 13.0. The molecule has 0 fully saturated rings. The third-order valence-electron chi connectivity index (χ3n) is 5.68. The third-order valence-corrected chi connectivity index (χ3v) is 5.68. The molecule has 4 rings (SSSR count). The maximum atomic E-state index is 13.0. The molecule has 0 radical (unpaired) electrons. The summed E-state index contributed by atoms with van der Waals surface area (Å²) in [6.07, 6.45) is 6.26. The molecule has 2 atom stereocenters. The van der Waals surface area contributed by atoms with Gasteiger partial charge in [-0.3, -0.25) is 9.59 Å². The number of aromatic hydroxyl groups is 2. The van der Waals surface area contributed by atoms with E-state index in [4.69, 9.17) is 0 Å². The van der Waals surface area contributed by atoms with Gasteiger partial charge in [-0.1, -0.05) is 11.6 Å². The second kappa shape index (κ2) is 4.95. The van der Waals surface area contributed by atoms with E-state index in [0.29, 0.717) is 36.8 Å². The standard InChI is InChI=1S/C19H20O4/c1-9-6-7-12-13(8-9)19(23)15-14(18(12)22)16(20)10-4-2-3-5-11(10)17(15)21/h6,12-13,20-21H,2-5,7-8H2,1H3. The molecule has 3 aliphatic carbocycles. The zero-order valence-corrected chi connectivity index (χ0v) is 13.2. The van der Waals surface area contributed by atoms with E-state index in [1.807, 2.05) is 13.0 Å². The van der Waals surface area contributed by atoms with Gasteiger partial charge in [0.2, 0.25) is 0 Å². The summed E-state index contributed by atoms with van der Waals surface area (Å²) in [5, 5.41) is 21.3. The van der Waals surface area contributed by atoms with Crippen molar-refractivity contribution in [3.05, 3.63) is 33.9 Å². The van der Waals surface area contributed by atoms with Crippen LogP contribution in [0.25, 0.3) is 0 Å². The van der Waals surface area contributed by atoms with Crippen LogP contribution in [0.5, 0.6) is 11.5 Å². The fourth-order valence-corrected chi connectivity index (χ4v) is 4.45. The number of hydrogen-bond acceptors (Lipinski definition) is 4. The quantitative estimate of drug-likeness (QED) is 0.569. The normalized spacial score (nSPS) is 26.2. The average molecular weight is 312 g/mol. The molecule has 3 aliphatic rings.